The molecule has 3 rings (SSSR count). The molecule has 3 aromatic rings. The molecule has 1 aromatic heterocycles. The minimum absolute atomic E-state index is 0.00147. The number of methoxy groups -OCH3 is 1. The highest BCUT2D eigenvalue weighted by Gasteiger charge is 2.29. The van der Waals surface area contributed by atoms with E-state index in [1.165, 1.54) is 36.8 Å². The third-order valence-corrected chi connectivity index (χ3v) is 5.63. The highest BCUT2D eigenvalue weighted by molar-refractivity contribution is 5.94. The van der Waals surface area contributed by atoms with Crippen molar-refractivity contribution in [2.75, 3.05) is 7.11 Å². The number of carbonyl (C=O) groups is 4. The van der Waals surface area contributed by atoms with Crippen molar-refractivity contribution < 1.29 is 33.0 Å². The maximum atomic E-state index is 13.7. The lowest BCUT2D eigenvalue weighted by molar-refractivity contribution is -0.145. The Balaban J connectivity index is 1.89. The summed E-state index contributed by atoms with van der Waals surface area (Å²) in [5.41, 5.74) is 0.956. The van der Waals surface area contributed by atoms with Crippen molar-refractivity contribution in [3.8, 4) is 0 Å². The van der Waals surface area contributed by atoms with E-state index in [-0.39, 0.29) is 12.8 Å². The summed E-state index contributed by atoms with van der Waals surface area (Å²) in [6.45, 7) is 6.54. The van der Waals surface area contributed by atoms with Gasteiger partial charge in [-0.05, 0) is 50.1 Å². The summed E-state index contributed by atoms with van der Waals surface area (Å²) in [4.78, 5) is 50.5. The van der Waals surface area contributed by atoms with E-state index in [1.807, 2.05) is 0 Å². The van der Waals surface area contributed by atoms with Crippen LogP contribution in [0.3, 0.4) is 0 Å². The van der Waals surface area contributed by atoms with Gasteiger partial charge in [-0.25, -0.2) is 14.0 Å². The summed E-state index contributed by atoms with van der Waals surface area (Å²) >= 11 is 0. The van der Waals surface area contributed by atoms with E-state index in [9.17, 15) is 23.6 Å². The third kappa shape index (κ3) is 7.41. The van der Waals surface area contributed by atoms with E-state index in [4.69, 9.17) is 9.47 Å². The van der Waals surface area contributed by atoms with E-state index in [0.717, 1.165) is 0 Å². The number of aromatic nitrogens is 1. The average Bonchev–Trinajstić information content (AvgIpc) is 3.20. The zero-order chi connectivity index (χ0) is 28.0. The first-order valence-electron chi connectivity index (χ1n) is 12.1. The van der Waals surface area contributed by atoms with Gasteiger partial charge in [0, 0.05) is 31.3 Å². The summed E-state index contributed by atoms with van der Waals surface area (Å²) in [5, 5.41) is 5.90. The van der Waals surface area contributed by atoms with Gasteiger partial charge in [0.25, 0.3) is 0 Å². The van der Waals surface area contributed by atoms with E-state index in [0.29, 0.717) is 22.0 Å². The van der Waals surface area contributed by atoms with Gasteiger partial charge in [-0.3, -0.25) is 14.2 Å². The quantitative estimate of drug-likeness (QED) is 0.435. The molecule has 0 aliphatic carbocycles. The zero-order valence-electron chi connectivity index (χ0n) is 22.0. The molecule has 10 heteroatoms. The highest BCUT2D eigenvalue weighted by atomic mass is 19.1. The van der Waals surface area contributed by atoms with Crippen molar-refractivity contribution >= 4 is 34.8 Å². The van der Waals surface area contributed by atoms with Gasteiger partial charge in [-0.1, -0.05) is 30.3 Å². The molecule has 2 N–H and O–H groups in total. The number of fused-ring (bicyclic) bond motifs is 1. The topological polar surface area (TPSA) is 116 Å². The molecule has 202 valence electrons. The average molecular weight is 526 g/mol. The molecule has 0 unspecified atom stereocenters. The van der Waals surface area contributed by atoms with Gasteiger partial charge in [0.15, 0.2) is 0 Å². The van der Waals surface area contributed by atoms with Gasteiger partial charge in [-0.2, -0.15) is 0 Å². The molecule has 2 atom stereocenters. The Morgan fingerprint density at radius 3 is 2.32 bits per heavy atom. The third-order valence-electron chi connectivity index (χ3n) is 5.63. The molecular weight excluding hydrogens is 493 g/mol. The van der Waals surface area contributed by atoms with E-state index < -0.39 is 47.4 Å². The number of carbonyl (C=O) groups excluding carboxylic acids is 4. The van der Waals surface area contributed by atoms with Crippen molar-refractivity contribution in [3.63, 3.8) is 0 Å². The van der Waals surface area contributed by atoms with E-state index in [1.54, 1.807) is 57.3 Å². The largest absolute Gasteiger partial charge is 0.467 e. The summed E-state index contributed by atoms with van der Waals surface area (Å²) in [6.07, 6.45) is 0.995. The SMILES string of the molecule is COC(=O)[C@@H](Cc1cn(C(=O)OC(C)(C)C)c2ccccc12)NC(=O)[C@H](Cc1cccc(F)c1)NC(C)=O. The van der Waals surface area contributed by atoms with Crippen molar-refractivity contribution in [2.24, 2.45) is 0 Å². The minimum atomic E-state index is -1.13. The molecule has 9 nitrogen and oxygen atoms in total. The molecule has 0 aliphatic heterocycles. The Morgan fingerprint density at radius 1 is 0.974 bits per heavy atom. The normalized spacial score (nSPS) is 12.9. The second-order valence-electron chi connectivity index (χ2n) is 9.90. The first kappa shape index (κ1) is 28.4. The number of esters is 1. The lowest BCUT2D eigenvalue weighted by Gasteiger charge is -2.22. The van der Waals surface area contributed by atoms with Crippen molar-refractivity contribution in [1.29, 1.82) is 0 Å². The first-order chi connectivity index (χ1) is 17.9. The fourth-order valence-electron chi connectivity index (χ4n) is 4.06. The molecule has 1 heterocycles. The van der Waals surface area contributed by atoms with Crippen molar-refractivity contribution in [3.05, 3.63) is 71.7 Å². The van der Waals surface area contributed by atoms with Crippen LogP contribution in [0.4, 0.5) is 9.18 Å². The Bertz CT molecular complexity index is 1340. The lowest BCUT2D eigenvalue weighted by atomic mass is 10.0. The minimum Gasteiger partial charge on any atom is -0.467 e. The van der Waals surface area contributed by atoms with Gasteiger partial charge in [0.05, 0.1) is 12.6 Å². The van der Waals surface area contributed by atoms with Crippen LogP contribution >= 0.6 is 0 Å². The predicted octanol–water partition coefficient (Wildman–Crippen LogP) is 3.51. The standard InChI is InChI=1S/C28H32FN3O6/c1-17(33)30-22(14-18-9-8-10-20(29)13-18)25(34)31-23(26(35)37-5)15-19-16-32(27(36)38-28(2,3)4)24-12-7-6-11-21(19)24/h6-13,16,22-23H,14-15H2,1-5H3,(H,30,33)(H,31,34)/t22-,23+/m0/s1. The molecule has 0 saturated carbocycles. The second kappa shape index (κ2) is 11.9. The second-order valence-corrected chi connectivity index (χ2v) is 9.90. The monoisotopic (exact) mass is 525 g/mol. The maximum absolute atomic E-state index is 13.7. The van der Waals surface area contributed by atoms with E-state index in [2.05, 4.69) is 10.6 Å². The van der Waals surface area contributed by atoms with Gasteiger partial charge >= 0.3 is 12.1 Å². The zero-order valence-corrected chi connectivity index (χ0v) is 22.0. The Labute approximate surface area is 220 Å². The molecule has 0 aliphatic rings. The number of rotatable bonds is 8. The van der Waals surface area contributed by atoms with Gasteiger partial charge in [0.2, 0.25) is 11.8 Å². The Hall–Kier alpha value is -4.21. The van der Waals surface area contributed by atoms with Crippen molar-refractivity contribution in [1.82, 2.24) is 15.2 Å². The van der Waals surface area contributed by atoms with Crippen LogP contribution < -0.4 is 10.6 Å². The lowest BCUT2D eigenvalue weighted by Crippen LogP contribution is -2.53. The molecule has 2 amide bonds. The van der Waals surface area contributed by atoms with Crippen LogP contribution in [0, 0.1) is 5.82 Å². The van der Waals surface area contributed by atoms with Crippen LogP contribution in [0.15, 0.2) is 54.7 Å². The predicted molar refractivity (Wildman–Crippen MR) is 139 cm³/mol. The molecular formula is C28H32FN3O6. The Kier molecular flexibility index (Phi) is 8.88. The maximum Gasteiger partial charge on any atom is 0.419 e. The summed E-state index contributed by atoms with van der Waals surface area (Å²) in [5.74, 6) is -2.29. The number of halogens is 1. The van der Waals surface area contributed by atoms with E-state index >= 15 is 0 Å². The van der Waals surface area contributed by atoms with Crippen LogP contribution in [0.5, 0.6) is 0 Å². The van der Waals surface area contributed by atoms with Gasteiger partial charge in [-0.15, -0.1) is 0 Å². The Morgan fingerprint density at radius 2 is 1.68 bits per heavy atom. The number of amides is 2. The summed E-state index contributed by atoms with van der Waals surface area (Å²) in [7, 11) is 1.20. The van der Waals surface area contributed by atoms with Crippen LogP contribution in [0.1, 0.15) is 38.8 Å². The number of hydrogen-bond acceptors (Lipinski definition) is 6. The fourth-order valence-corrected chi connectivity index (χ4v) is 4.06. The smallest absolute Gasteiger partial charge is 0.419 e. The highest BCUT2D eigenvalue weighted by Crippen LogP contribution is 2.24. The molecule has 0 fully saturated rings. The molecule has 0 radical (unpaired) electrons. The molecule has 0 spiro atoms. The number of nitrogens with zero attached hydrogens (tertiary/aromatic N) is 1. The number of hydrogen-bond donors (Lipinski definition) is 2. The first-order valence-corrected chi connectivity index (χ1v) is 12.1. The van der Waals surface area contributed by atoms with Crippen molar-refractivity contribution in [2.45, 2.75) is 58.2 Å². The number of benzene rings is 2. The van der Waals surface area contributed by atoms with Crippen LogP contribution in [-0.4, -0.2) is 53.2 Å². The van der Waals surface area contributed by atoms with Crippen LogP contribution in [-0.2, 0) is 36.7 Å². The van der Waals surface area contributed by atoms with Gasteiger partial charge < -0.3 is 20.1 Å². The number of nitrogens with one attached hydrogen (secondary N) is 2. The summed E-state index contributed by atoms with van der Waals surface area (Å²) < 4.78 is 25.5. The summed E-state index contributed by atoms with van der Waals surface area (Å²) in [6, 6.07) is 10.6. The molecule has 38 heavy (non-hydrogen) atoms. The fraction of sp³-hybridized carbons (Fsp3) is 0.357. The number of para-hydroxylation sites is 1. The molecule has 0 saturated heterocycles. The number of ether oxygens (including phenoxy) is 2. The van der Waals surface area contributed by atoms with Crippen LogP contribution in [0.2, 0.25) is 0 Å². The molecule has 2 aromatic carbocycles. The molecule has 0 bridgehead atoms. The van der Waals surface area contributed by atoms with Gasteiger partial charge in [0.1, 0.15) is 23.5 Å². The van der Waals surface area contributed by atoms with Crippen LogP contribution in [0.25, 0.3) is 10.9 Å².